The Labute approximate surface area is 157 Å². The number of hydrogen-bond donors (Lipinski definition) is 2. The van der Waals surface area contributed by atoms with Gasteiger partial charge in [-0.3, -0.25) is 9.69 Å². The van der Waals surface area contributed by atoms with Crippen LogP contribution < -0.4 is 5.32 Å². The Morgan fingerprint density at radius 1 is 1.30 bits per heavy atom. The van der Waals surface area contributed by atoms with E-state index >= 15 is 0 Å². The fourth-order valence-electron chi connectivity index (χ4n) is 3.67. The van der Waals surface area contributed by atoms with Crippen molar-refractivity contribution in [3.05, 3.63) is 59.7 Å². The van der Waals surface area contributed by atoms with Crippen molar-refractivity contribution in [2.24, 2.45) is 0 Å². The third-order valence-corrected chi connectivity index (χ3v) is 4.91. The second kappa shape index (κ2) is 7.32. The van der Waals surface area contributed by atoms with Gasteiger partial charge >= 0.3 is 0 Å². The van der Waals surface area contributed by atoms with Gasteiger partial charge in [0.25, 0.3) is 0 Å². The van der Waals surface area contributed by atoms with E-state index in [-0.39, 0.29) is 11.9 Å². The highest BCUT2D eigenvalue weighted by Gasteiger charge is 2.31. The number of nitrogens with zero attached hydrogens (tertiary/aromatic N) is 5. The summed E-state index contributed by atoms with van der Waals surface area (Å²) in [6.45, 7) is 5.99. The van der Waals surface area contributed by atoms with Crippen molar-refractivity contribution in [3.8, 4) is 0 Å². The monoisotopic (exact) mass is 365 g/mol. The molecule has 1 unspecified atom stereocenters. The van der Waals surface area contributed by atoms with Crippen molar-refractivity contribution in [2.45, 2.75) is 39.4 Å². The number of H-pyrrole nitrogens is 1. The number of aryl methyl sites for hydroxylation is 1. The predicted octanol–water partition coefficient (Wildman–Crippen LogP) is 2.13. The Morgan fingerprint density at radius 3 is 2.85 bits per heavy atom. The molecule has 0 saturated carbocycles. The van der Waals surface area contributed by atoms with Crippen LogP contribution in [0.4, 0.5) is 5.69 Å². The van der Waals surface area contributed by atoms with Gasteiger partial charge < -0.3 is 10.3 Å². The van der Waals surface area contributed by atoms with Gasteiger partial charge in [0.05, 0.1) is 24.6 Å². The summed E-state index contributed by atoms with van der Waals surface area (Å²) in [5, 5.41) is 7.10. The van der Waals surface area contributed by atoms with E-state index in [0.29, 0.717) is 6.54 Å². The van der Waals surface area contributed by atoms with E-state index < -0.39 is 0 Å². The van der Waals surface area contributed by atoms with Crippen LogP contribution >= 0.6 is 0 Å². The molecule has 2 aromatic heterocycles. The van der Waals surface area contributed by atoms with Gasteiger partial charge in [-0.2, -0.15) is 5.10 Å². The number of rotatable bonds is 5. The van der Waals surface area contributed by atoms with Crippen LogP contribution in [0.3, 0.4) is 0 Å². The third-order valence-electron chi connectivity index (χ3n) is 4.91. The van der Waals surface area contributed by atoms with Gasteiger partial charge in [0.2, 0.25) is 5.91 Å². The molecule has 1 amide bonds. The zero-order valence-corrected chi connectivity index (χ0v) is 15.5. The molecular weight excluding hydrogens is 342 g/mol. The molecule has 3 aromatic rings. The second-order valence-corrected chi connectivity index (χ2v) is 6.68. The van der Waals surface area contributed by atoms with Crippen LogP contribution in [-0.2, 0) is 24.3 Å². The van der Waals surface area contributed by atoms with E-state index in [4.69, 9.17) is 0 Å². The van der Waals surface area contributed by atoms with Crippen LogP contribution in [-0.4, -0.2) is 42.1 Å². The molecule has 0 saturated heterocycles. The average Bonchev–Trinajstić information content (AvgIpc) is 3.31. The Balaban J connectivity index is 1.66. The van der Waals surface area contributed by atoms with Gasteiger partial charge in [0.1, 0.15) is 12.2 Å². The normalized spacial score (nSPS) is 16.9. The van der Waals surface area contributed by atoms with Crippen LogP contribution in [0.15, 0.2) is 36.9 Å². The Hall–Kier alpha value is -3.00. The molecule has 27 heavy (non-hydrogen) atoms. The highest BCUT2D eigenvalue weighted by molar-refractivity contribution is 5.88. The van der Waals surface area contributed by atoms with Crippen LogP contribution in [0.25, 0.3) is 0 Å². The molecule has 3 heterocycles. The van der Waals surface area contributed by atoms with Crippen LogP contribution in [0.2, 0.25) is 0 Å². The molecule has 0 fully saturated rings. The van der Waals surface area contributed by atoms with Crippen molar-refractivity contribution < 1.29 is 4.79 Å². The van der Waals surface area contributed by atoms with Crippen molar-refractivity contribution >= 4 is 11.6 Å². The number of imidazole rings is 1. The molecule has 0 aliphatic carbocycles. The van der Waals surface area contributed by atoms with Gasteiger partial charge in [-0.1, -0.05) is 12.1 Å². The predicted molar refractivity (Wildman–Crippen MR) is 101 cm³/mol. The lowest BCUT2D eigenvalue weighted by molar-refractivity contribution is -0.114. The lowest BCUT2D eigenvalue weighted by Gasteiger charge is -2.35. The fourth-order valence-corrected chi connectivity index (χ4v) is 3.67. The molecule has 8 nitrogen and oxygen atoms in total. The van der Waals surface area contributed by atoms with E-state index in [1.165, 1.54) is 12.6 Å². The summed E-state index contributed by atoms with van der Waals surface area (Å²) in [6.07, 6.45) is 4.30. The smallest absolute Gasteiger partial charge is 0.221 e. The molecule has 2 N–H and O–H groups in total. The zero-order valence-electron chi connectivity index (χ0n) is 15.5. The number of benzene rings is 1. The summed E-state index contributed by atoms with van der Waals surface area (Å²) in [6, 6.07) is 8.01. The summed E-state index contributed by atoms with van der Waals surface area (Å²) in [5.41, 5.74) is 4.16. The second-order valence-electron chi connectivity index (χ2n) is 6.68. The quantitative estimate of drug-likeness (QED) is 0.723. The number of carbonyl (C=O) groups excluding carboxylic acids is 1. The van der Waals surface area contributed by atoms with Crippen molar-refractivity contribution in [3.63, 3.8) is 0 Å². The van der Waals surface area contributed by atoms with Crippen LogP contribution in [0, 0.1) is 0 Å². The van der Waals surface area contributed by atoms with Gasteiger partial charge in [0.15, 0.2) is 0 Å². The van der Waals surface area contributed by atoms with E-state index in [1.807, 2.05) is 16.8 Å². The van der Waals surface area contributed by atoms with Crippen molar-refractivity contribution in [1.29, 1.82) is 0 Å². The fraction of sp³-hybridized carbons (Fsp3) is 0.368. The largest absolute Gasteiger partial charge is 0.348 e. The lowest BCUT2D eigenvalue weighted by Crippen LogP contribution is -2.36. The first-order valence-corrected chi connectivity index (χ1v) is 9.16. The number of fused-ring (bicyclic) bond motifs is 1. The maximum Gasteiger partial charge on any atom is 0.221 e. The molecule has 0 radical (unpaired) electrons. The summed E-state index contributed by atoms with van der Waals surface area (Å²) in [7, 11) is 0. The van der Waals surface area contributed by atoms with Crippen LogP contribution in [0.1, 0.15) is 42.7 Å². The molecule has 8 heteroatoms. The van der Waals surface area contributed by atoms with Gasteiger partial charge in [-0.25, -0.2) is 14.6 Å². The van der Waals surface area contributed by atoms with E-state index in [1.54, 1.807) is 12.7 Å². The minimum atomic E-state index is -0.0736. The molecule has 1 aliphatic rings. The highest BCUT2D eigenvalue weighted by Crippen LogP contribution is 2.34. The van der Waals surface area contributed by atoms with E-state index in [9.17, 15) is 4.79 Å². The molecule has 0 spiro atoms. The van der Waals surface area contributed by atoms with Crippen molar-refractivity contribution in [2.75, 3.05) is 11.9 Å². The summed E-state index contributed by atoms with van der Waals surface area (Å²) in [5.74, 6) is 0.881. The maximum absolute atomic E-state index is 11.3. The Bertz CT molecular complexity index is 928. The summed E-state index contributed by atoms with van der Waals surface area (Å²) >= 11 is 0. The SMILES string of the molecule is CCn1ncnc1CN1CCc2[nH]cnc2C1c1ccc(NC(C)=O)cc1. The molecule has 1 aromatic carbocycles. The van der Waals surface area contributed by atoms with Crippen molar-refractivity contribution in [1.82, 2.24) is 29.6 Å². The average molecular weight is 365 g/mol. The molecule has 1 atom stereocenters. The third kappa shape index (κ3) is 3.48. The number of carbonyl (C=O) groups is 1. The molecule has 0 bridgehead atoms. The lowest BCUT2D eigenvalue weighted by atomic mass is 9.95. The first kappa shape index (κ1) is 17.4. The molecule has 1 aliphatic heterocycles. The molecule has 4 rings (SSSR count). The number of aromatic amines is 1. The number of anilines is 1. The molecule has 140 valence electrons. The first-order valence-electron chi connectivity index (χ1n) is 9.16. The zero-order chi connectivity index (χ0) is 18.8. The van der Waals surface area contributed by atoms with Crippen LogP contribution in [0.5, 0.6) is 0 Å². The Morgan fingerprint density at radius 2 is 2.11 bits per heavy atom. The summed E-state index contributed by atoms with van der Waals surface area (Å²) in [4.78, 5) is 26.0. The Kier molecular flexibility index (Phi) is 4.72. The minimum absolute atomic E-state index is 0.0355. The van der Waals surface area contributed by atoms with E-state index in [2.05, 4.69) is 49.3 Å². The molecular formula is C19H23N7O. The number of amides is 1. The topological polar surface area (TPSA) is 91.7 Å². The first-order chi connectivity index (χ1) is 13.2. The van der Waals surface area contributed by atoms with Gasteiger partial charge in [0, 0.05) is 37.8 Å². The summed E-state index contributed by atoms with van der Waals surface area (Å²) < 4.78 is 1.93. The standard InChI is InChI=1S/C19H23N7O/c1-3-26-17(21-12-23-26)10-25-9-8-16-18(22-11-20-16)19(25)14-4-6-15(7-5-14)24-13(2)27/h4-7,11-12,19H,3,8-10H2,1-2H3,(H,20,22)(H,24,27). The minimum Gasteiger partial charge on any atom is -0.348 e. The van der Waals surface area contributed by atoms with E-state index in [0.717, 1.165) is 42.3 Å². The highest BCUT2D eigenvalue weighted by atomic mass is 16.1. The van der Waals surface area contributed by atoms with Gasteiger partial charge in [-0.05, 0) is 24.6 Å². The maximum atomic E-state index is 11.3. The number of nitrogens with one attached hydrogen (secondary N) is 2. The number of hydrogen-bond acceptors (Lipinski definition) is 5. The number of aromatic nitrogens is 5. The van der Waals surface area contributed by atoms with Gasteiger partial charge in [-0.15, -0.1) is 0 Å².